The first-order valence-electron chi connectivity index (χ1n) is 6.94. The molecule has 0 spiro atoms. The van der Waals surface area contributed by atoms with E-state index >= 15 is 0 Å². The topological polar surface area (TPSA) is 95.9 Å². The van der Waals surface area contributed by atoms with Crippen molar-refractivity contribution in [3.05, 3.63) is 35.1 Å². The number of rotatable bonds is 7. The minimum Gasteiger partial charge on any atom is -0.462 e. The van der Waals surface area contributed by atoms with Crippen molar-refractivity contribution in [3.63, 3.8) is 0 Å². The molecule has 0 aliphatic carbocycles. The molecule has 0 fully saturated rings. The predicted octanol–water partition coefficient (Wildman–Crippen LogP) is 0.923. The lowest BCUT2D eigenvalue weighted by Gasteiger charge is -2.20. The van der Waals surface area contributed by atoms with Gasteiger partial charge in [0.2, 0.25) is 5.91 Å². The second-order valence-corrected chi connectivity index (χ2v) is 4.74. The molecule has 22 heavy (non-hydrogen) atoms. The van der Waals surface area contributed by atoms with E-state index in [0.717, 1.165) is 12.1 Å². The minimum atomic E-state index is -1.47. The van der Waals surface area contributed by atoms with E-state index < -0.39 is 24.0 Å². The van der Waals surface area contributed by atoms with Gasteiger partial charge in [0.05, 0.1) is 18.3 Å². The molecule has 0 saturated carbocycles. The molecule has 1 aromatic carbocycles. The summed E-state index contributed by atoms with van der Waals surface area (Å²) < 4.78 is 18.2. The first kappa shape index (κ1) is 18.1. The van der Waals surface area contributed by atoms with Crippen LogP contribution in [0.5, 0.6) is 0 Å². The molecule has 1 amide bonds. The summed E-state index contributed by atoms with van der Waals surface area (Å²) in [6.07, 6.45) is -2.68. The van der Waals surface area contributed by atoms with E-state index in [0.29, 0.717) is 0 Å². The van der Waals surface area contributed by atoms with E-state index in [4.69, 9.17) is 4.74 Å². The highest BCUT2D eigenvalue weighted by Gasteiger charge is 2.25. The summed E-state index contributed by atoms with van der Waals surface area (Å²) in [6, 6.07) is 3.26. The molecule has 0 saturated heterocycles. The van der Waals surface area contributed by atoms with Gasteiger partial charge in [0, 0.05) is 19.0 Å². The molecule has 3 N–H and O–H groups in total. The Morgan fingerprint density at radius 3 is 2.64 bits per heavy atom. The van der Waals surface area contributed by atoms with E-state index in [9.17, 15) is 24.2 Å². The van der Waals surface area contributed by atoms with Crippen molar-refractivity contribution in [3.8, 4) is 0 Å². The van der Waals surface area contributed by atoms with Gasteiger partial charge in [0.1, 0.15) is 11.9 Å². The van der Waals surface area contributed by atoms with Gasteiger partial charge in [-0.1, -0.05) is 0 Å². The number of benzene rings is 1. The maximum Gasteiger partial charge on any atom is 0.338 e. The van der Waals surface area contributed by atoms with Crippen LogP contribution in [0.3, 0.4) is 0 Å². The van der Waals surface area contributed by atoms with Crippen molar-refractivity contribution < 1.29 is 28.9 Å². The Balaban J connectivity index is 2.90. The summed E-state index contributed by atoms with van der Waals surface area (Å²) >= 11 is 0. The summed E-state index contributed by atoms with van der Waals surface area (Å²) in [6.45, 7) is 3.24. The van der Waals surface area contributed by atoms with Gasteiger partial charge in [-0.15, -0.1) is 0 Å². The van der Waals surface area contributed by atoms with Crippen LogP contribution < -0.4 is 5.32 Å². The van der Waals surface area contributed by atoms with Crippen molar-refractivity contribution in [1.29, 1.82) is 0 Å². The number of halogens is 1. The van der Waals surface area contributed by atoms with Crippen molar-refractivity contribution in [2.75, 3.05) is 13.2 Å². The second-order valence-electron chi connectivity index (χ2n) is 4.74. The fraction of sp³-hybridized carbons (Fsp3) is 0.467. The van der Waals surface area contributed by atoms with Crippen LogP contribution in [0.1, 0.15) is 42.3 Å². The molecule has 6 nitrogen and oxygen atoms in total. The summed E-state index contributed by atoms with van der Waals surface area (Å²) in [7, 11) is 0. The quantitative estimate of drug-likeness (QED) is 0.651. The van der Waals surface area contributed by atoms with E-state index in [2.05, 4.69) is 5.32 Å². The minimum absolute atomic E-state index is 0.00525. The molecular formula is C15H20FNO5. The molecular weight excluding hydrogens is 293 g/mol. The lowest BCUT2D eigenvalue weighted by Crippen LogP contribution is -2.28. The number of carbonyl (C=O) groups is 2. The molecule has 2 unspecified atom stereocenters. The zero-order chi connectivity index (χ0) is 16.7. The zero-order valence-corrected chi connectivity index (χ0v) is 12.5. The lowest BCUT2D eigenvalue weighted by atomic mass is 9.97. The fourth-order valence-electron chi connectivity index (χ4n) is 1.93. The smallest absolute Gasteiger partial charge is 0.338 e. The van der Waals surface area contributed by atoms with Crippen LogP contribution >= 0.6 is 0 Å². The van der Waals surface area contributed by atoms with Crippen molar-refractivity contribution in [2.24, 2.45) is 0 Å². The van der Waals surface area contributed by atoms with Crippen LogP contribution in [0.2, 0.25) is 0 Å². The average Bonchev–Trinajstić information content (AvgIpc) is 2.46. The van der Waals surface area contributed by atoms with Crippen LogP contribution in [0.25, 0.3) is 0 Å². The maximum absolute atomic E-state index is 13.4. The first-order valence-corrected chi connectivity index (χ1v) is 6.94. The molecule has 7 heteroatoms. The molecule has 1 aromatic rings. The summed E-state index contributed by atoms with van der Waals surface area (Å²) in [5, 5.41) is 22.6. The summed E-state index contributed by atoms with van der Waals surface area (Å²) in [5.41, 5.74) is -0.0527. The van der Waals surface area contributed by atoms with Crippen LogP contribution in [0.15, 0.2) is 18.2 Å². The molecule has 0 aliphatic rings. The van der Waals surface area contributed by atoms with Crippen LogP contribution in [-0.2, 0) is 9.53 Å². The number of aliphatic hydroxyl groups is 2. The van der Waals surface area contributed by atoms with E-state index in [1.165, 1.54) is 13.0 Å². The Labute approximate surface area is 127 Å². The van der Waals surface area contributed by atoms with Crippen LogP contribution in [0.4, 0.5) is 4.39 Å². The average molecular weight is 313 g/mol. The second kappa shape index (κ2) is 8.45. The SMILES string of the molecule is CCOC(=O)c1ccc(F)cc1C(O)C(O)CCNC(C)=O. The molecule has 0 aliphatic heterocycles. The molecule has 2 atom stereocenters. The molecule has 1 rings (SSSR count). The van der Waals surface area contributed by atoms with E-state index in [1.54, 1.807) is 6.92 Å². The van der Waals surface area contributed by atoms with Gasteiger partial charge in [-0.05, 0) is 31.5 Å². The number of amides is 1. The van der Waals surface area contributed by atoms with Crippen LogP contribution in [0, 0.1) is 5.82 Å². The van der Waals surface area contributed by atoms with Gasteiger partial charge in [0.25, 0.3) is 0 Å². The first-order chi connectivity index (χ1) is 10.4. The molecule has 122 valence electrons. The van der Waals surface area contributed by atoms with Crippen molar-refractivity contribution >= 4 is 11.9 Å². The van der Waals surface area contributed by atoms with Crippen LogP contribution in [-0.4, -0.2) is 41.3 Å². The number of hydrogen-bond donors (Lipinski definition) is 3. The Kier molecular flexibility index (Phi) is 6.94. The highest BCUT2D eigenvalue weighted by atomic mass is 19.1. The number of hydrogen-bond acceptors (Lipinski definition) is 5. The predicted molar refractivity (Wildman–Crippen MR) is 76.6 cm³/mol. The number of nitrogens with one attached hydrogen (secondary N) is 1. The zero-order valence-electron chi connectivity index (χ0n) is 12.5. The number of aliphatic hydroxyl groups excluding tert-OH is 2. The molecule has 0 radical (unpaired) electrons. The Bertz CT molecular complexity index is 535. The van der Waals surface area contributed by atoms with Gasteiger partial charge in [-0.2, -0.15) is 0 Å². The Morgan fingerprint density at radius 2 is 2.05 bits per heavy atom. The Morgan fingerprint density at radius 1 is 1.36 bits per heavy atom. The molecule has 0 heterocycles. The van der Waals surface area contributed by atoms with Gasteiger partial charge in [-0.3, -0.25) is 4.79 Å². The number of carbonyl (C=O) groups excluding carboxylic acids is 2. The third-order valence-electron chi connectivity index (χ3n) is 3.01. The summed E-state index contributed by atoms with van der Waals surface area (Å²) in [5.74, 6) is -1.61. The lowest BCUT2D eigenvalue weighted by molar-refractivity contribution is -0.119. The number of ether oxygens (including phenoxy) is 1. The Hall–Kier alpha value is -1.99. The highest BCUT2D eigenvalue weighted by Crippen LogP contribution is 2.24. The van der Waals surface area contributed by atoms with Crippen molar-refractivity contribution in [2.45, 2.75) is 32.5 Å². The van der Waals surface area contributed by atoms with E-state index in [1.807, 2.05) is 0 Å². The van der Waals surface area contributed by atoms with Gasteiger partial charge < -0.3 is 20.3 Å². The van der Waals surface area contributed by atoms with Gasteiger partial charge in [-0.25, -0.2) is 9.18 Å². The highest BCUT2D eigenvalue weighted by molar-refractivity contribution is 5.91. The van der Waals surface area contributed by atoms with Gasteiger partial charge in [0.15, 0.2) is 0 Å². The fourth-order valence-corrected chi connectivity index (χ4v) is 1.93. The summed E-state index contributed by atoms with van der Waals surface area (Å²) in [4.78, 5) is 22.6. The molecule has 0 aromatic heterocycles. The third-order valence-corrected chi connectivity index (χ3v) is 3.01. The standard InChI is InChI=1S/C15H20FNO5/c1-3-22-15(21)11-5-4-10(16)8-12(11)14(20)13(19)6-7-17-9(2)18/h4-5,8,13-14,19-20H,3,6-7H2,1-2H3,(H,17,18). The van der Waals surface area contributed by atoms with Gasteiger partial charge >= 0.3 is 5.97 Å². The monoisotopic (exact) mass is 313 g/mol. The number of esters is 1. The van der Waals surface area contributed by atoms with Crippen molar-refractivity contribution in [1.82, 2.24) is 5.32 Å². The maximum atomic E-state index is 13.4. The van der Waals surface area contributed by atoms with E-state index in [-0.39, 0.29) is 36.6 Å². The normalized spacial score (nSPS) is 13.3. The largest absolute Gasteiger partial charge is 0.462 e. The molecule has 0 bridgehead atoms. The third kappa shape index (κ3) is 5.09.